The van der Waals surface area contributed by atoms with Crippen molar-refractivity contribution in [1.29, 1.82) is 0 Å². The highest BCUT2D eigenvalue weighted by Crippen LogP contribution is 2.23. The van der Waals surface area contributed by atoms with E-state index in [1.165, 1.54) is 44.6 Å². The van der Waals surface area contributed by atoms with Gasteiger partial charge in [0.2, 0.25) is 0 Å². The van der Waals surface area contributed by atoms with Crippen molar-refractivity contribution in [2.45, 2.75) is 58.3 Å². The van der Waals surface area contributed by atoms with Crippen molar-refractivity contribution in [2.24, 2.45) is 0 Å². The lowest BCUT2D eigenvalue weighted by Crippen LogP contribution is -2.49. The van der Waals surface area contributed by atoms with Crippen molar-refractivity contribution >= 4 is 0 Å². The Bertz CT molecular complexity index is 463. The van der Waals surface area contributed by atoms with Gasteiger partial charge in [-0.1, -0.05) is 0 Å². The second kappa shape index (κ2) is 6.11. The van der Waals surface area contributed by atoms with Crippen LogP contribution in [-0.4, -0.2) is 47.6 Å². The van der Waals surface area contributed by atoms with Crippen molar-refractivity contribution in [3.63, 3.8) is 0 Å². The van der Waals surface area contributed by atoms with E-state index in [9.17, 15) is 0 Å². The number of hydrogen-bond acceptors (Lipinski definition) is 4. The lowest BCUT2D eigenvalue weighted by molar-refractivity contribution is 0.0988. The molecule has 0 aromatic carbocycles. The predicted octanol–water partition coefficient (Wildman–Crippen LogP) is 2.45. The van der Waals surface area contributed by atoms with Gasteiger partial charge in [0.25, 0.3) is 0 Å². The topological polar surface area (TPSA) is 31.7 Å². The second-order valence-electron chi connectivity index (χ2n) is 7.54. The third-order valence-electron chi connectivity index (χ3n) is 4.68. The second-order valence-corrected chi connectivity index (χ2v) is 7.54. The molecule has 2 aliphatic heterocycles. The van der Waals surface area contributed by atoms with Crippen LogP contribution >= 0.6 is 0 Å². The molecule has 21 heavy (non-hydrogen) atoms. The van der Waals surface area contributed by atoms with Crippen molar-refractivity contribution in [3.8, 4) is 0 Å². The van der Waals surface area contributed by atoms with Crippen molar-refractivity contribution in [3.05, 3.63) is 23.7 Å². The fourth-order valence-electron chi connectivity index (χ4n) is 3.45. The zero-order chi connectivity index (χ0) is 14.9. The average Bonchev–Trinajstić information content (AvgIpc) is 3.04. The normalized spacial score (nSPS) is 24.4. The molecule has 2 aliphatic rings. The molecule has 0 amide bonds. The summed E-state index contributed by atoms with van der Waals surface area (Å²) in [4.78, 5) is 5.26. The molecule has 3 heterocycles. The molecule has 1 aromatic heterocycles. The minimum absolute atomic E-state index is 0.125. The highest BCUT2D eigenvalue weighted by atomic mass is 16.3. The van der Waals surface area contributed by atoms with Crippen LogP contribution in [0.4, 0.5) is 0 Å². The third-order valence-corrected chi connectivity index (χ3v) is 4.68. The minimum Gasteiger partial charge on any atom is -0.468 e. The van der Waals surface area contributed by atoms with Gasteiger partial charge in [0.05, 0.1) is 12.8 Å². The molecule has 2 saturated heterocycles. The maximum Gasteiger partial charge on any atom is 0.122 e. The average molecular weight is 291 g/mol. The molecule has 1 unspecified atom stereocenters. The van der Waals surface area contributed by atoms with E-state index in [2.05, 4.69) is 42.0 Å². The van der Waals surface area contributed by atoms with Gasteiger partial charge in [-0.25, -0.2) is 0 Å². The van der Waals surface area contributed by atoms with Crippen LogP contribution in [0.2, 0.25) is 0 Å². The molecule has 118 valence electrons. The van der Waals surface area contributed by atoms with Crippen LogP contribution in [0.5, 0.6) is 0 Å². The molecule has 0 bridgehead atoms. The first-order valence-electron chi connectivity index (χ1n) is 8.28. The maximum absolute atomic E-state index is 5.69. The van der Waals surface area contributed by atoms with Crippen molar-refractivity contribution < 1.29 is 4.42 Å². The van der Waals surface area contributed by atoms with E-state index in [0.717, 1.165) is 24.9 Å². The monoisotopic (exact) mass is 291 g/mol. The van der Waals surface area contributed by atoms with Gasteiger partial charge in [-0.15, -0.1) is 0 Å². The molecule has 1 N–H and O–H groups in total. The lowest BCUT2D eigenvalue weighted by Gasteiger charge is -2.37. The number of piperazine rings is 1. The van der Waals surface area contributed by atoms with Crippen LogP contribution in [-0.2, 0) is 13.1 Å². The molecule has 4 nitrogen and oxygen atoms in total. The van der Waals surface area contributed by atoms with Crippen LogP contribution in [0, 0.1) is 0 Å². The minimum atomic E-state index is 0.125. The summed E-state index contributed by atoms with van der Waals surface area (Å²) in [5, 5.41) is 3.52. The van der Waals surface area contributed by atoms with Crippen molar-refractivity contribution in [1.82, 2.24) is 15.1 Å². The number of furan rings is 1. The quantitative estimate of drug-likeness (QED) is 0.923. The van der Waals surface area contributed by atoms with Crippen LogP contribution < -0.4 is 5.32 Å². The SMILES string of the molecule is CC(C)(C)NCc1occc1CN1CCN2CCCC2C1. The first-order chi connectivity index (χ1) is 10.0. The smallest absolute Gasteiger partial charge is 0.122 e. The number of nitrogens with one attached hydrogen (secondary N) is 1. The highest BCUT2D eigenvalue weighted by Gasteiger charge is 2.30. The molecular formula is C17H29N3O. The summed E-state index contributed by atoms with van der Waals surface area (Å²) < 4.78 is 5.69. The Morgan fingerprint density at radius 2 is 2.14 bits per heavy atom. The van der Waals surface area contributed by atoms with Crippen LogP contribution in [0.25, 0.3) is 0 Å². The largest absolute Gasteiger partial charge is 0.468 e. The molecule has 0 radical (unpaired) electrons. The molecule has 0 saturated carbocycles. The lowest BCUT2D eigenvalue weighted by atomic mass is 10.1. The standard InChI is InChI=1S/C17H29N3O/c1-17(2,3)18-11-16-14(6-10-21-16)12-19-8-9-20-7-4-5-15(20)13-19/h6,10,15,18H,4-5,7-9,11-13H2,1-3H3. The van der Waals surface area contributed by atoms with E-state index in [0.29, 0.717) is 0 Å². The molecule has 1 atom stereocenters. The molecule has 0 aliphatic carbocycles. The third kappa shape index (κ3) is 3.87. The molecule has 2 fully saturated rings. The van der Waals surface area contributed by atoms with Gasteiger partial charge in [0.15, 0.2) is 0 Å². The summed E-state index contributed by atoms with van der Waals surface area (Å²) >= 11 is 0. The van der Waals surface area contributed by atoms with Gasteiger partial charge in [-0.05, 0) is 46.2 Å². The molecule has 4 heteroatoms. The molecule has 1 aromatic rings. The number of hydrogen-bond donors (Lipinski definition) is 1. The molecular weight excluding hydrogens is 262 g/mol. The van der Waals surface area contributed by atoms with Gasteiger partial charge in [-0.2, -0.15) is 0 Å². The number of nitrogens with zero attached hydrogens (tertiary/aromatic N) is 2. The molecule has 3 rings (SSSR count). The van der Waals surface area contributed by atoms with Crippen LogP contribution in [0.3, 0.4) is 0 Å². The van der Waals surface area contributed by atoms with E-state index in [1.54, 1.807) is 0 Å². The fraction of sp³-hybridized carbons (Fsp3) is 0.765. The fourth-order valence-corrected chi connectivity index (χ4v) is 3.45. The Morgan fingerprint density at radius 3 is 2.95 bits per heavy atom. The predicted molar refractivity (Wildman–Crippen MR) is 85.2 cm³/mol. The summed E-state index contributed by atoms with van der Waals surface area (Å²) in [5.74, 6) is 1.10. The Hall–Kier alpha value is -0.840. The van der Waals surface area contributed by atoms with Gasteiger partial charge >= 0.3 is 0 Å². The van der Waals surface area contributed by atoms with Gasteiger partial charge in [0, 0.05) is 43.3 Å². The Labute approximate surface area is 128 Å². The summed E-state index contributed by atoms with van der Waals surface area (Å²) in [7, 11) is 0. The first kappa shape index (κ1) is 15.1. The highest BCUT2D eigenvalue weighted by molar-refractivity contribution is 5.17. The van der Waals surface area contributed by atoms with E-state index in [1.807, 2.05) is 6.26 Å². The van der Waals surface area contributed by atoms with Gasteiger partial charge in [0.1, 0.15) is 5.76 Å². The zero-order valence-corrected chi connectivity index (χ0v) is 13.7. The van der Waals surface area contributed by atoms with E-state index < -0.39 is 0 Å². The summed E-state index contributed by atoms with van der Waals surface area (Å²) in [6.07, 6.45) is 4.59. The maximum atomic E-state index is 5.69. The zero-order valence-electron chi connectivity index (χ0n) is 13.7. The molecule has 0 spiro atoms. The van der Waals surface area contributed by atoms with E-state index >= 15 is 0 Å². The first-order valence-corrected chi connectivity index (χ1v) is 8.28. The van der Waals surface area contributed by atoms with Gasteiger partial charge in [-0.3, -0.25) is 9.80 Å². The van der Waals surface area contributed by atoms with E-state index in [-0.39, 0.29) is 5.54 Å². The van der Waals surface area contributed by atoms with Crippen LogP contribution in [0.1, 0.15) is 44.9 Å². The number of rotatable bonds is 4. The summed E-state index contributed by atoms with van der Waals surface area (Å²) in [6.45, 7) is 13.4. The van der Waals surface area contributed by atoms with Gasteiger partial charge < -0.3 is 9.73 Å². The van der Waals surface area contributed by atoms with Crippen molar-refractivity contribution in [2.75, 3.05) is 26.2 Å². The Balaban J connectivity index is 1.57. The van der Waals surface area contributed by atoms with E-state index in [4.69, 9.17) is 4.42 Å². The van der Waals surface area contributed by atoms with Crippen LogP contribution in [0.15, 0.2) is 16.7 Å². The number of fused-ring (bicyclic) bond motifs is 1. The Morgan fingerprint density at radius 1 is 1.29 bits per heavy atom. The summed E-state index contributed by atoms with van der Waals surface area (Å²) in [5.41, 5.74) is 1.47. The Kier molecular flexibility index (Phi) is 4.38. The summed E-state index contributed by atoms with van der Waals surface area (Å²) in [6, 6.07) is 2.93.